The van der Waals surface area contributed by atoms with Gasteiger partial charge in [-0.3, -0.25) is 0 Å². The van der Waals surface area contributed by atoms with E-state index in [4.69, 9.17) is 0 Å². The van der Waals surface area contributed by atoms with Gasteiger partial charge < -0.3 is 4.90 Å². The Morgan fingerprint density at radius 3 is 2.12 bits per heavy atom. The summed E-state index contributed by atoms with van der Waals surface area (Å²) in [5.41, 5.74) is 7.48. The second kappa shape index (κ2) is 7.85. The number of benzene rings is 3. The highest BCUT2D eigenvalue weighted by Crippen LogP contribution is 2.28. The quantitative estimate of drug-likeness (QED) is 0.495. The van der Waals surface area contributed by atoms with Crippen LogP contribution < -0.4 is 4.90 Å². The minimum atomic E-state index is 1.06. The van der Waals surface area contributed by atoms with Gasteiger partial charge in [0, 0.05) is 18.4 Å². The molecule has 0 saturated carbocycles. The smallest absolute Gasteiger partial charge is 0.0414 e. The molecule has 1 heteroatoms. The van der Waals surface area contributed by atoms with Crippen molar-refractivity contribution in [3.05, 3.63) is 90.0 Å². The fourth-order valence-corrected chi connectivity index (χ4v) is 2.92. The van der Waals surface area contributed by atoms with Gasteiger partial charge in [-0.2, -0.15) is 0 Å². The van der Waals surface area contributed by atoms with Crippen LogP contribution in [-0.4, -0.2) is 7.05 Å². The molecule has 0 radical (unpaired) electrons. The number of hydrogen-bond acceptors (Lipinski definition) is 1. The Labute approximate surface area is 151 Å². The van der Waals surface area contributed by atoms with E-state index in [1.165, 1.54) is 33.6 Å². The highest BCUT2D eigenvalue weighted by molar-refractivity contribution is 5.71. The summed E-state index contributed by atoms with van der Waals surface area (Å²) in [6.07, 6.45) is 5.48. The average Bonchev–Trinajstić information content (AvgIpc) is 2.67. The molecule has 3 aromatic carbocycles. The van der Waals surface area contributed by atoms with Gasteiger partial charge in [0.05, 0.1) is 0 Å². The summed E-state index contributed by atoms with van der Waals surface area (Å²) in [4.78, 5) is 2.23. The van der Waals surface area contributed by atoms with Crippen molar-refractivity contribution in [2.45, 2.75) is 20.3 Å². The molecule has 3 aromatic rings. The molecule has 0 N–H and O–H groups in total. The molecule has 0 atom stereocenters. The summed E-state index contributed by atoms with van der Waals surface area (Å²) >= 11 is 0. The van der Waals surface area contributed by atoms with Crippen LogP contribution in [0.3, 0.4) is 0 Å². The third-order valence-corrected chi connectivity index (χ3v) is 4.54. The maximum absolute atomic E-state index is 2.26. The number of anilines is 2. The number of nitrogens with zero attached hydrogens (tertiary/aromatic N) is 1. The van der Waals surface area contributed by atoms with Crippen molar-refractivity contribution in [3.8, 4) is 11.1 Å². The van der Waals surface area contributed by atoms with Gasteiger partial charge in [-0.25, -0.2) is 0 Å². The van der Waals surface area contributed by atoms with Gasteiger partial charge in [0.15, 0.2) is 0 Å². The van der Waals surface area contributed by atoms with Crippen LogP contribution in [0.25, 0.3) is 17.2 Å². The fraction of sp³-hybridized carbons (Fsp3) is 0.167. The van der Waals surface area contributed by atoms with Crippen LogP contribution in [0.2, 0.25) is 0 Å². The van der Waals surface area contributed by atoms with Crippen molar-refractivity contribution >= 4 is 17.5 Å². The summed E-state index contributed by atoms with van der Waals surface area (Å²) in [6.45, 7) is 4.32. The highest BCUT2D eigenvalue weighted by Gasteiger charge is 2.06. The summed E-state index contributed by atoms with van der Waals surface area (Å²) < 4.78 is 0. The molecule has 0 spiro atoms. The van der Waals surface area contributed by atoms with Crippen LogP contribution >= 0.6 is 0 Å². The van der Waals surface area contributed by atoms with Gasteiger partial charge in [-0.15, -0.1) is 0 Å². The van der Waals surface area contributed by atoms with Gasteiger partial charge in [0.25, 0.3) is 0 Å². The van der Waals surface area contributed by atoms with Crippen molar-refractivity contribution in [2.24, 2.45) is 0 Å². The second-order valence-corrected chi connectivity index (χ2v) is 6.32. The second-order valence-electron chi connectivity index (χ2n) is 6.32. The van der Waals surface area contributed by atoms with Crippen LogP contribution in [0.1, 0.15) is 24.5 Å². The van der Waals surface area contributed by atoms with Crippen molar-refractivity contribution in [1.82, 2.24) is 0 Å². The lowest BCUT2D eigenvalue weighted by Gasteiger charge is -2.21. The van der Waals surface area contributed by atoms with Crippen LogP contribution in [0.4, 0.5) is 11.4 Å². The lowest BCUT2D eigenvalue weighted by atomic mass is 10.0. The largest absolute Gasteiger partial charge is 0.345 e. The highest BCUT2D eigenvalue weighted by atomic mass is 15.1. The third kappa shape index (κ3) is 4.00. The zero-order valence-corrected chi connectivity index (χ0v) is 15.2. The lowest BCUT2D eigenvalue weighted by Crippen LogP contribution is -2.09. The van der Waals surface area contributed by atoms with Crippen LogP contribution in [0.15, 0.2) is 78.9 Å². The van der Waals surface area contributed by atoms with Gasteiger partial charge in [-0.05, 0) is 59.9 Å². The molecule has 0 aliphatic carbocycles. The molecule has 0 aliphatic heterocycles. The zero-order valence-electron chi connectivity index (χ0n) is 15.2. The van der Waals surface area contributed by atoms with Crippen molar-refractivity contribution in [2.75, 3.05) is 11.9 Å². The molecule has 1 nitrogen and oxygen atoms in total. The van der Waals surface area contributed by atoms with E-state index >= 15 is 0 Å². The topological polar surface area (TPSA) is 3.24 Å². The van der Waals surface area contributed by atoms with E-state index in [1.54, 1.807) is 0 Å². The Balaban J connectivity index is 1.86. The van der Waals surface area contributed by atoms with Crippen LogP contribution in [0, 0.1) is 6.92 Å². The normalized spacial score (nSPS) is 11.0. The lowest BCUT2D eigenvalue weighted by molar-refractivity contribution is 1.20. The molecular formula is C24H25N. The molecule has 0 aliphatic rings. The van der Waals surface area contributed by atoms with Crippen molar-refractivity contribution in [1.29, 1.82) is 0 Å². The minimum absolute atomic E-state index is 1.06. The first kappa shape index (κ1) is 17.0. The Kier molecular flexibility index (Phi) is 5.35. The minimum Gasteiger partial charge on any atom is -0.345 e. The van der Waals surface area contributed by atoms with E-state index < -0.39 is 0 Å². The Morgan fingerprint density at radius 2 is 1.44 bits per heavy atom. The van der Waals surface area contributed by atoms with E-state index in [1.807, 2.05) is 6.07 Å². The summed E-state index contributed by atoms with van der Waals surface area (Å²) in [6, 6.07) is 25.9. The Hall–Kier alpha value is -2.80. The summed E-state index contributed by atoms with van der Waals surface area (Å²) in [7, 11) is 2.12. The molecule has 0 aromatic heterocycles. The predicted molar refractivity (Wildman–Crippen MR) is 110 cm³/mol. The predicted octanol–water partition coefficient (Wildman–Crippen LogP) is 6.85. The van der Waals surface area contributed by atoms with Crippen molar-refractivity contribution in [3.63, 3.8) is 0 Å². The maximum atomic E-state index is 2.26. The molecule has 0 saturated heterocycles. The van der Waals surface area contributed by atoms with Crippen LogP contribution in [-0.2, 0) is 0 Å². The standard InChI is InChI=1S/C24H25N/c1-4-5-9-22-18-24(15-12-19(22)2)25(3)23-16-13-21(14-17-23)20-10-7-6-8-11-20/h5-18H,4H2,1-3H3/b9-5-. The SMILES string of the molecule is CC/C=C\c1cc(N(C)c2ccc(-c3ccccc3)cc2)ccc1C. The Morgan fingerprint density at radius 1 is 0.800 bits per heavy atom. The van der Waals surface area contributed by atoms with Gasteiger partial charge in [0.1, 0.15) is 0 Å². The van der Waals surface area contributed by atoms with E-state index in [-0.39, 0.29) is 0 Å². The first-order chi connectivity index (χ1) is 12.2. The molecule has 3 rings (SSSR count). The molecule has 25 heavy (non-hydrogen) atoms. The Bertz CT molecular complexity index is 845. The van der Waals surface area contributed by atoms with Crippen LogP contribution in [0.5, 0.6) is 0 Å². The molecular weight excluding hydrogens is 302 g/mol. The first-order valence-electron chi connectivity index (χ1n) is 8.85. The summed E-state index contributed by atoms with van der Waals surface area (Å²) in [5.74, 6) is 0. The fourth-order valence-electron chi connectivity index (χ4n) is 2.92. The molecule has 0 amide bonds. The molecule has 0 fully saturated rings. The van der Waals surface area contributed by atoms with E-state index in [2.05, 4.69) is 105 Å². The van der Waals surface area contributed by atoms with E-state index in [0.29, 0.717) is 0 Å². The monoisotopic (exact) mass is 327 g/mol. The maximum Gasteiger partial charge on any atom is 0.0414 e. The molecule has 0 bridgehead atoms. The average molecular weight is 327 g/mol. The number of allylic oxidation sites excluding steroid dienone is 1. The number of aryl methyl sites for hydroxylation is 1. The van der Waals surface area contributed by atoms with Crippen molar-refractivity contribution < 1.29 is 0 Å². The zero-order chi connectivity index (χ0) is 17.6. The van der Waals surface area contributed by atoms with E-state index in [9.17, 15) is 0 Å². The van der Waals surface area contributed by atoms with Gasteiger partial charge in [0.2, 0.25) is 0 Å². The van der Waals surface area contributed by atoms with E-state index in [0.717, 1.165) is 6.42 Å². The molecule has 0 unspecified atom stereocenters. The number of hydrogen-bond donors (Lipinski definition) is 0. The molecule has 126 valence electrons. The number of rotatable bonds is 5. The first-order valence-corrected chi connectivity index (χ1v) is 8.85. The molecule has 0 heterocycles. The summed E-state index contributed by atoms with van der Waals surface area (Å²) in [5, 5.41) is 0. The van der Waals surface area contributed by atoms with Gasteiger partial charge >= 0.3 is 0 Å². The van der Waals surface area contributed by atoms with Gasteiger partial charge in [-0.1, -0.05) is 67.6 Å². The third-order valence-electron chi connectivity index (χ3n) is 4.54.